The fourth-order valence-electron chi connectivity index (χ4n) is 2.44. The Balaban J connectivity index is 2.26. The quantitative estimate of drug-likeness (QED) is 0.614. The van der Waals surface area contributed by atoms with Crippen molar-refractivity contribution in [3.05, 3.63) is 0 Å². The molecular formula is C14H29N3O. The molecule has 4 heteroatoms. The van der Waals surface area contributed by atoms with E-state index in [9.17, 15) is 4.79 Å². The summed E-state index contributed by atoms with van der Waals surface area (Å²) in [6, 6.07) is 1.10. The number of hydrogen-bond acceptors (Lipinski definition) is 3. The summed E-state index contributed by atoms with van der Waals surface area (Å²) in [5.41, 5.74) is 4.94. The highest BCUT2D eigenvalue weighted by Crippen LogP contribution is 2.25. The maximum atomic E-state index is 11.6. The van der Waals surface area contributed by atoms with Crippen LogP contribution in [0, 0.1) is 0 Å². The molecule has 0 spiro atoms. The lowest BCUT2D eigenvalue weighted by atomic mass is 9.93. The van der Waals surface area contributed by atoms with Crippen molar-refractivity contribution in [3.8, 4) is 0 Å². The molecule has 0 saturated heterocycles. The van der Waals surface area contributed by atoms with Gasteiger partial charge in [-0.3, -0.25) is 4.79 Å². The zero-order valence-electron chi connectivity index (χ0n) is 12.3. The van der Waals surface area contributed by atoms with Crippen molar-refractivity contribution in [2.75, 3.05) is 13.6 Å². The lowest BCUT2D eigenvalue weighted by Gasteiger charge is -2.30. The highest BCUT2D eigenvalue weighted by atomic mass is 16.1. The predicted molar refractivity (Wildman–Crippen MR) is 75.4 cm³/mol. The molecule has 1 rings (SSSR count). The van der Waals surface area contributed by atoms with Crippen molar-refractivity contribution in [2.24, 2.45) is 5.73 Å². The van der Waals surface area contributed by atoms with E-state index < -0.39 is 5.54 Å². The summed E-state index contributed by atoms with van der Waals surface area (Å²) in [5, 5.41) is 3.29. The fraction of sp³-hybridized carbons (Fsp3) is 0.929. The molecule has 1 amide bonds. The van der Waals surface area contributed by atoms with Crippen LogP contribution in [0.4, 0.5) is 0 Å². The molecule has 0 bridgehead atoms. The molecule has 0 radical (unpaired) electrons. The summed E-state index contributed by atoms with van der Waals surface area (Å²) in [7, 11) is 2.19. The van der Waals surface area contributed by atoms with Gasteiger partial charge in [-0.1, -0.05) is 0 Å². The SMILES string of the molecule is CC(C)NC(C)(CCCCN(C)C1CC1)C(N)=O. The van der Waals surface area contributed by atoms with E-state index in [0.717, 1.165) is 31.8 Å². The topological polar surface area (TPSA) is 58.4 Å². The highest BCUT2D eigenvalue weighted by molar-refractivity contribution is 5.84. The predicted octanol–water partition coefficient (Wildman–Crippen LogP) is 1.49. The van der Waals surface area contributed by atoms with Crippen molar-refractivity contribution in [1.29, 1.82) is 0 Å². The fourth-order valence-corrected chi connectivity index (χ4v) is 2.44. The van der Waals surface area contributed by atoms with Gasteiger partial charge in [0.1, 0.15) is 0 Å². The number of nitrogens with zero attached hydrogens (tertiary/aromatic N) is 1. The number of unbranched alkanes of at least 4 members (excludes halogenated alkanes) is 1. The van der Waals surface area contributed by atoms with E-state index >= 15 is 0 Å². The van der Waals surface area contributed by atoms with Gasteiger partial charge in [0.15, 0.2) is 0 Å². The Labute approximate surface area is 111 Å². The normalized spacial score (nSPS) is 19.2. The molecule has 0 heterocycles. The Morgan fingerprint density at radius 3 is 2.50 bits per heavy atom. The Morgan fingerprint density at radius 1 is 1.44 bits per heavy atom. The summed E-state index contributed by atoms with van der Waals surface area (Å²) in [6.07, 6.45) is 5.69. The van der Waals surface area contributed by atoms with E-state index in [4.69, 9.17) is 5.73 Å². The lowest BCUT2D eigenvalue weighted by molar-refractivity contribution is -0.124. The van der Waals surface area contributed by atoms with Crippen molar-refractivity contribution < 1.29 is 4.79 Å². The van der Waals surface area contributed by atoms with Crippen molar-refractivity contribution in [1.82, 2.24) is 10.2 Å². The molecule has 1 fully saturated rings. The first-order valence-corrected chi connectivity index (χ1v) is 7.13. The summed E-state index contributed by atoms with van der Waals surface area (Å²) < 4.78 is 0. The summed E-state index contributed by atoms with van der Waals surface area (Å²) in [6.45, 7) is 7.13. The molecule has 0 aromatic rings. The molecule has 4 nitrogen and oxygen atoms in total. The minimum Gasteiger partial charge on any atom is -0.368 e. The van der Waals surface area contributed by atoms with Crippen LogP contribution in [-0.2, 0) is 4.79 Å². The molecule has 0 aromatic carbocycles. The van der Waals surface area contributed by atoms with Crippen LogP contribution < -0.4 is 11.1 Å². The van der Waals surface area contributed by atoms with Crippen molar-refractivity contribution in [3.63, 3.8) is 0 Å². The third-order valence-electron chi connectivity index (χ3n) is 3.76. The van der Waals surface area contributed by atoms with Gasteiger partial charge in [-0.25, -0.2) is 0 Å². The van der Waals surface area contributed by atoms with Crippen LogP contribution in [0.15, 0.2) is 0 Å². The average Bonchev–Trinajstić information content (AvgIpc) is 3.06. The molecule has 3 N–H and O–H groups in total. The molecule has 1 unspecified atom stereocenters. The van der Waals surface area contributed by atoms with Crippen molar-refractivity contribution >= 4 is 5.91 Å². The summed E-state index contributed by atoms with van der Waals surface area (Å²) in [4.78, 5) is 14.0. The standard InChI is InChI=1S/C14H29N3O/c1-11(2)16-14(3,13(15)18)9-5-6-10-17(4)12-7-8-12/h11-12,16H,5-10H2,1-4H3,(H2,15,18). The second-order valence-corrected chi connectivity index (χ2v) is 6.16. The Morgan fingerprint density at radius 2 is 2.06 bits per heavy atom. The van der Waals surface area contributed by atoms with Gasteiger partial charge in [0.05, 0.1) is 5.54 Å². The van der Waals surface area contributed by atoms with Crippen LogP contribution >= 0.6 is 0 Å². The zero-order valence-corrected chi connectivity index (χ0v) is 12.3. The number of nitrogens with one attached hydrogen (secondary N) is 1. The van der Waals surface area contributed by atoms with Gasteiger partial charge in [-0.05, 0) is 66.5 Å². The second-order valence-electron chi connectivity index (χ2n) is 6.16. The number of carbonyl (C=O) groups excluding carboxylic acids is 1. The molecule has 106 valence electrons. The van der Waals surface area contributed by atoms with Gasteiger partial charge < -0.3 is 16.0 Å². The third-order valence-corrected chi connectivity index (χ3v) is 3.76. The van der Waals surface area contributed by atoms with Gasteiger partial charge in [-0.15, -0.1) is 0 Å². The molecule has 0 aromatic heterocycles. The van der Waals surface area contributed by atoms with Gasteiger partial charge in [0.25, 0.3) is 0 Å². The number of amides is 1. The number of primary amides is 1. The largest absolute Gasteiger partial charge is 0.368 e. The number of hydrogen-bond donors (Lipinski definition) is 2. The Hall–Kier alpha value is -0.610. The van der Waals surface area contributed by atoms with Crippen molar-refractivity contribution in [2.45, 2.75) is 70.5 Å². The molecule has 0 aliphatic heterocycles. The zero-order chi connectivity index (χ0) is 13.8. The maximum absolute atomic E-state index is 11.6. The van der Waals surface area contributed by atoms with Crippen LogP contribution in [0.1, 0.15) is 52.9 Å². The third kappa shape index (κ3) is 4.94. The first-order chi connectivity index (χ1) is 8.35. The van der Waals surface area contributed by atoms with Gasteiger partial charge >= 0.3 is 0 Å². The molecule has 18 heavy (non-hydrogen) atoms. The first-order valence-electron chi connectivity index (χ1n) is 7.13. The molecular weight excluding hydrogens is 226 g/mol. The minimum absolute atomic E-state index is 0.244. The second kappa shape index (κ2) is 6.53. The summed E-state index contributed by atoms with van der Waals surface area (Å²) >= 11 is 0. The van der Waals surface area contributed by atoms with E-state index in [1.54, 1.807) is 0 Å². The van der Waals surface area contributed by atoms with E-state index in [1.807, 2.05) is 20.8 Å². The van der Waals surface area contributed by atoms with Crippen LogP contribution in [0.3, 0.4) is 0 Å². The van der Waals surface area contributed by atoms with E-state index in [1.165, 1.54) is 12.8 Å². The molecule has 1 saturated carbocycles. The average molecular weight is 255 g/mol. The highest BCUT2D eigenvalue weighted by Gasteiger charge is 2.31. The summed E-state index contributed by atoms with van der Waals surface area (Å²) in [5.74, 6) is -0.244. The van der Waals surface area contributed by atoms with Gasteiger partial charge in [0.2, 0.25) is 5.91 Å². The van der Waals surface area contributed by atoms with Crippen LogP contribution in [0.5, 0.6) is 0 Å². The first kappa shape index (κ1) is 15.4. The molecule has 1 atom stereocenters. The van der Waals surface area contributed by atoms with Gasteiger partial charge in [0, 0.05) is 12.1 Å². The van der Waals surface area contributed by atoms with E-state index in [-0.39, 0.29) is 11.9 Å². The number of rotatable bonds is 9. The Kier molecular flexibility index (Phi) is 5.60. The minimum atomic E-state index is -0.563. The molecule has 1 aliphatic rings. The van der Waals surface area contributed by atoms with E-state index in [0.29, 0.717) is 0 Å². The number of carbonyl (C=O) groups is 1. The molecule has 1 aliphatic carbocycles. The van der Waals surface area contributed by atoms with Crippen LogP contribution in [0.25, 0.3) is 0 Å². The lowest BCUT2D eigenvalue weighted by Crippen LogP contribution is -2.55. The van der Waals surface area contributed by atoms with Crippen LogP contribution in [-0.4, -0.2) is 42.0 Å². The van der Waals surface area contributed by atoms with E-state index in [2.05, 4.69) is 17.3 Å². The van der Waals surface area contributed by atoms with Gasteiger partial charge in [-0.2, -0.15) is 0 Å². The van der Waals surface area contributed by atoms with Crippen LogP contribution in [0.2, 0.25) is 0 Å². The maximum Gasteiger partial charge on any atom is 0.237 e. The Bertz CT molecular complexity index is 276. The smallest absolute Gasteiger partial charge is 0.237 e. The monoisotopic (exact) mass is 255 g/mol. The number of nitrogens with two attached hydrogens (primary N) is 1.